The SMILES string of the molecule is O=C1C[C@@H]2CC[C@@H]1[C@@H]1C[C@H]21. The van der Waals surface area contributed by atoms with E-state index in [-0.39, 0.29) is 0 Å². The molecule has 0 heterocycles. The molecular weight excluding hydrogens is 124 g/mol. The van der Waals surface area contributed by atoms with E-state index in [1.807, 2.05) is 0 Å². The van der Waals surface area contributed by atoms with Crippen molar-refractivity contribution >= 4 is 5.78 Å². The van der Waals surface area contributed by atoms with Crippen LogP contribution in [0.1, 0.15) is 25.7 Å². The van der Waals surface area contributed by atoms with Gasteiger partial charge in [0.2, 0.25) is 0 Å². The summed E-state index contributed by atoms with van der Waals surface area (Å²) in [5.74, 6) is 3.80. The van der Waals surface area contributed by atoms with Gasteiger partial charge < -0.3 is 0 Å². The molecule has 4 aliphatic rings. The fourth-order valence-corrected chi connectivity index (χ4v) is 3.13. The summed E-state index contributed by atoms with van der Waals surface area (Å²) in [5, 5.41) is 0. The number of Topliss-reactive ketones (excluding diaryl/α,β-unsaturated/α-hetero) is 1. The minimum absolute atomic E-state index is 0.523. The Balaban J connectivity index is 1.99. The van der Waals surface area contributed by atoms with Gasteiger partial charge in [0, 0.05) is 12.3 Å². The average Bonchev–Trinajstić information content (AvgIpc) is 2.66. The maximum Gasteiger partial charge on any atom is 0.136 e. The lowest BCUT2D eigenvalue weighted by molar-refractivity contribution is -0.129. The Hall–Kier alpha value is -0.330. The summed E-state index contributed by atoms with van der Waals surface area (Å²) in [6.07, 6.45) is 4.91. The summed E-state index contributed by atoms with van der Waals surface area (Å²) in [7, 11) is 0. The molecule has 0 N–H and O–H groups in total. The third-order valence-electron chi connectivity index (χ3n) is 3.74. The van der Waals surface area contributed by atoms with E-state index in [9.17, 15) is 4.79 Å². The molecule has 0 radical (unpaired) electrons. The fraction of sp³-hybridized carbons (Fsp3) is 0.889. The number of hydrogen-bond acceptors (Lipinski definition) is 1. The lowest BCUT2D eigenvalue weighted by Crippen LogP contribution is -2.33. The van der Waals surface area contributed by atoms with Crippen LogP contribution in [0.4, 0.5) is 0 Å². The van der Waals surface area contributed by atoms with E-state index < -0.39 is 0 Å². The third kappa shape index (κ3) is 0.480. The van der Waals surface area contributed by atoms with E-state index in [0.29, 0.717) is 11.7 Å². The van der Waals surface area contributed by atoms with Crippen molar-refractivity contribution < 1.29 is 4.79 Å². The predicted molar refractivity (Wildman–Crippen MR) is 37.4 cm³/mol. The van der Waals surface area contributed by atoms with Gasteiger partial charge in [0.25, 0.3) is 0 Å². The summed E-state index contributed by atoms with van der Waals surface area (Å²) >= 11 is 0. The van der Waals surface area contributed by atoms with Gasteiger partial charge >= 0.3 is 0 Å². The van der Waals surface area contributed by atoms with Gasteiger partial charge in [-0.15, -0.1) is 0 Å². The zero-order valence-electron chi connectivity index (χ0n) is 6.05. The fourth-order valence-electron chi connectivity index (χ4n) is 3.13. The zero-order valence-corrected chi connectivity index (χ0v) is 6.05. The van der Waals surface area contributed by atoms with E-state index in [2.05, 4.69) is 0 Å². The highest BCUT2D eigenvalue weighted by atomic mass is 16.1. The van der Waals surface area contributed by atoms with Crippen molar-refractivity contribution in [2.45, 2.75) is 25.7 Å². The molecule has 0 amide bonds. The van der Waals surface area contributed by atoms with Gasteiger partial charge in [0.15, 0.2) is 0 Å². The van der Waals surface area contributed by atoms with Crippen molar-refractivity contribution in [3.05, 3.63) is 0 Å². The third-order valence-corrected chi connectivity index (χ3v) is 3.74. The van der Waals surface area contributed by atoms with E-state index in [4.69, 9.17) is 0 Å². The summed E-state index contributed by atoms with van der Waals surface area (Å²) in [5.41, 5.74) is 0. The van der Waals surface area contributed by atoms with Crippen molar-refractivity contribution in [3.63, 3.8) is 0 Å². The number of carbonyl (C=O) groups excluding carboxylic acids is 1. The molecule has 4 fully saturated rings. The van der Waals surface area contributed by atoms with E-state index in [1.165, 1.54) is 19.3 Å². The number of rotatable bonds is 0. The van der Waals surface area contributed by atoms with E-state index >= 15 is 0 Å². The van der Waals surface area contributed by atoms with E-state index in [0.717, 1.165) is 24.2 Å². The molecule has 0 aromatic heterocycles. The van der Waals surface area contributed by atoms with Crippen LogP contribution in [0, 0.1) is 23.7 Å². The van der Waals surface area contributed by atoms with Crippen molar-refractivity contribution in [2.75, 3.05) is 0 Å². The minimum Gasteiger partial charge on any atom is -0.299 e. The molecule has 0 spiro atoms. The number of hydrogen-bond donors (Lipinski definition) is 0. The maximum absolute atomic E-state index is 11.3. The Morgan fingerprint density at radius 3 is 2.70 bits per heavy atom. The second-order valence-corrected chi connectivity index (χ2v) is 4.18. The number of carbonyl (C=O) groups is 1. The molecule has 4 rings (SSSR count). The molecule has 54 valence electrons. The van der Waals surface area contributed by atoms with Crippen LogP contribution in [0.15, 0.2) is 0 Å². The van der Waals surface area contributed by atoms with Crippen molar-refractivity contribution in [2.24, 2.45) is 23.7 Å². The van der Waals surface area contributed by atoms with Crippen LogP contribution >= 0.6 is 0 Å². The van der Waals surface area contributed by atoms with Gasteiger partial charge in [0.1, 0.15) is 5.78 Å². The first kappa shape index (κ1) is 5.34. The van der Waals surface area contributed by atoms with Gasteiger partial charge in [0.05, 0.1) is 0 Å². The van der Waals surface area contributed by atoms with Gasteiger partial charge in [-0.25, -0.2) is 0 Å². The van der Waals surface area contributed by atoms with E-state index in [1.54, 1.807) is 0 Å². The molecule has 4 saturated carbocycles. The lowest BCUT2D eigenvalue weighted by Gasteiger charge is -2.33. The van der Waals surface area contributed by atoms with Gasteiger partial charge in [-0.05, 0) is 37.0 Å². The van der Waals surface area contributed by atoms with Crippen LogP contribution in [0.2, 0.25) is 0 Å². The van der Waals surface area contributed by atoms with Crippen LogP contribution in [-0.2, 0) is 4.79 Å². The molecule has 0 aliphatic heterocycles. The molecule has 0 aromatic carbocycles. The van der Waals surface area contributed by atoms with Gasteiger partial charge in [-0.2, -0.15) is 0 Å². The Bertz CT molecular complexity index is 197. The standard InChI is InChI=1S/C9H12O/c10-9-3-5-1-2-6(9)8-4-7(5)8/h5-8H,1-4H2/t5-,6+,7+,8-/m0/s1. The highest BCUT2D eigenvalue weighted by Gasteiger charge is 2.56. The van der Waals surface area contributed by atoms with Crippen LogP contribution in [0.5, 0.6) is 0 Å². The first-order valence-electron chi connectivity index (χ1n) is 4.39. The Kier molecular flexibility index (Phi) is 0.781. The largest absolute Gasteiger partial charge is 0.299 e. The van der Waals surface area contributed by atoms with Crippen LogP contribution in [0.25, 0.3) is 0 Å². The highest BCUT2D eigenvalue weighted by Crippen LogP contribution is 2.60. The summed E-state index contributed by atoms with van der Waals surface area (Å²) in [6, 6.07) is 0. The second-order valence-electron chi connectivity index (χ2n) is 4.18. The molecule has 4 aliphatic carbocycles. The normalized spacial score (nSPS) is 56.6. The Labute approximate surface area is 60.8 Å². The van der Waals surface area contributed by atoms with Crippen molar-refractivity contribution in [1.29, 1.82) is 0 Å². The smallest absolute Gasteiger partial charge is 0.136 e. The number of fused-ring (bicyclic) bond motifs is 2. The monoisotopic (exact) mass is 136 g/mol. The topological polar surface area (TPSA) is 17.1 Å². The molecule has 0 saturated heterocycles. The quantitative estimate of drug-likeness (QED) is 0.494. The molecule has 2 bridgehead atoms. The summed E-state index contributed by atoms with van der Waals surface area (Å²) in [6.45, 7) is 0. The lowest BCUT2D eigenvalue weighted by atomic mass is 9.70. The van der Waals surface area contributed by atoms with Crippen LogP contribution in [-0.4, -0.2) is 5.78 Å². The van der Waals surface area contributed by atoms with Gasteiger partial charge in [-0.1, -0.05) is 0 Å². The Morgan fingerprint density at radius 2 is 2.10 bits per heavy atom. The molecule has 1 nitrogen and oxygen atoms in total. The molecule has 4 atom stereocenters. The zero-order chi connectivity index (χ0) is 6.72. The van der Waals surface area contributed by atoms with Crippen LogP contribution in [0.3, 0.4) is 0 Å². The minimum atomic E-state index is 0.523. The predicted octanol–water partition coefficient (Wildman–Crippen LogP) is 1.62. The van der Waals surface area contributed by atoms with Gasteiger partial charge in [-0.3, -0.25) is 4.79 Å². The highest BCUT2D eigenvalue weighted by molar-refractivity contribution is 5.84. The molecule has 0 unspecified atom stereocenters. The first-order chi connectivity index (χ1) is 4.86. The average molecular weight is 136 g/mol. The van der Waals surface area contributed by atoms with Crippen molar-refractivity contribution in [1.82, 2.24) is 0 Å². The molecule has 1 heteroatoms. The second kappa shape index (κ2) is 1.46. The first-order valence-corrected chi connectivity index (χ1v) is 4.39. The molecular formula is C9H12O. The maximum atomic E-state index is 11.3. The summed E-state index contributed by atoms with van der Waals surface area (Å²) in [4.78, 5) is 11.3. The van der Waals surface area contributed by atoms with Crippen LogP contribution < -0.4 is 0 Å². The summed E-state index contributed by atoms with van der Waals surface area (Å²) < 4.78 is 0. The van der Waals surface area contributed by atoms with Crippen molar-refractivity contribution in [3.8, 4) is 0 Å². The number of ketones is 1. The molecule has 10 heavy (non-hydrogen) atoms. The Morgan fingerprint density at radius 1 is 1.20 bits per heavy atom. The molecule has 0 aromatic rings.